The lowest BCUT2D eigenvalue weighted by Gasteiger charge is -2.35. The van der Waals surface area contributed by atoms with Gasteiger partial charge in [0.2, 0.25) is 10.9 Å². The van der Waals surface area contributed by atoms with Gasteiger partial charge in [0.25, 0.3) is 0 Å². The minimum Gasteiger partial charge on any atom is -0.457 e. The molecule has 0 saturated carbocycles. The Morgan fingerprint density at radius 1 is 1.22 bits per heavy atom. The number of piperazine rings is 1. The summed E-state index contributed by atoms with van der Waals surface area (Å²) in [5, 5.41) is 12.5. The van der Waals surface area contributed by atoms with Crippen molar-refractivity contribution < 1.29 is 19.4 Å². The van der Waals surface area contributed by atoms with Gasteiger partial charge in [0.15, 0.2) is 0 Å². The topological polar surface area (TPSA) is 74.4 Å². The zero-order valence-corrected chi connectivity index (χ0v) is 18.3. The predicted octanol–water partition coefficient (Wildman–Crippen LogP) is 3.81. The summed E-state index contributed by atoms with van der Waals surface area (Å²) in [5.74, 6) is -0.341. The number of β-amino-alcohol motifs (C(OH)–C–C–N with tert-alkyl or cyclic N) is 1. The number of carbonyl (C=O) groups excluding carboxylic acids is 2. The quantitative estimate of drug-likeness (QED) is 0.486. The molecule has 0 bridgehead atoms. The Hall–Kier alpha value is -3.25. The highest BCUT2D eigenvalue weighted by molar-refractivity contribution is 7.22. The van der Waals surface area contributed by atoms with E-state index >= 15 is 0 Å². The van der Waals surface area contributed by atoms with Crippen LogP contribution in [-0.4, -0.2) is 48.1 Å². The summed E-state index contributed by atoms with van der Waals surface area (Å²) in [7, 11) is 0. The third-order valence-electron chi connectivity index (χ3n) is 6.21. The van der Waals surface area contributed by atoms with Crippen LogP contribution < -0.4 is 4.90 Å². The van der Waals surface area contributed by atoms with Crippen molar-refractivity contribution in [1.29, 1.82) is 0 Å². The number of rotatable bonds is 4. The van der Waals surface area contributed by atoms with Crippen molar-refractivity contribution >= 4 is 44.0 Å². The van der Waals surface area contributed by atoms with Gasteiger partial charge < -0.3 is 14.7 Å². The lowest BCUT2D eigenvalue weighted by atomic mass is 9.95. The first-order valence-electron chi connectivity index (χ1n) is 10.4. The van der Waals surface area contributed by atoms with Gasteiger partial charge in [-0.15, -0.1) is 0 Å². The summed E-state index contributed by atoms with van der Waals surface area (Å²) < 4.78 is 6.09. The van der Waals surface area contributed by atoms with Crippen molar-refractivity contribution in [3.05, 3.63) is 70.1 Å². The molecule has 1 aromatic heterocycles. The number of aliphatic hydroxyl groups excluding tert-OH is 1. The van der Waals surface area contributed by atoms with E-state index in [9.17, 15) is 14.7 Å². The molecular weight excluding hydrogens is 426 g/mol. The van der Waals surface area contributed by atoms with Crippen LogP contribution in [0.15, 0.2) is 36.4 Å². The molecule has 2 aliphatic rings. The fraction of sp³-hybridized carbons (Fsp3) is 0.292. The normalized spacial score (nSPS) is 17.3. The first kappa shape index (κ1) is 20.6. The highest BCUT2D eigenvalue weighted by atomic mass is 32.1. The van der Waals surface area contributed by atoms with Gasteiger partial charge in [0, 0.05) is 35.6 Å². The second kappa shape index (κ2) is 8.02. The van der Waals surface area contributed by atoms with Crippen molar-refractivity contribution in [3.63, 3.8) is 0 Å². The number of amides is 1. The van der Waals surface area contributed by atoms with Gasteiger partial charge in [-0.25, -0.2) is 9.64 Å². The monoisotopic (exact) mass is 447 g/mol. The number of hydrogen-bond acceptors (Lipinski definition) is 6. The molecule has 0 radical (unpaired) electrons. The Kier molecular flexibility index (Phi) is 5.18. The minimum absolute atomic E-state index is 0.0190. The molecule has 1 amide bonds. The van der Waals surface area contributed by atoms with E-state index < -0.39 is 6.10 Å². The molecule has 3 heterocycles. The number of cyclic esters (lactones) is 1. The summed E-state index contributed by atoms with van der Waals surface area (Å²) in [5.41, 5.74) is 3.86. The number of fused-ring (bicyclic) bond motifs is 2. The number of carbonyl (C=O) groups is 2. The zero-order chi connectivity index (χ0) is 22.4. The number of esters is 1. The molecule has 32 heavy (non-hydrogen) atoms. The standard InChI is InChI=1S/C24H21N3O4S/c1-14-17(5-6-18-19(14)13-31-24(18)30)20(28)11-26-7-8-27(23(29)12-26)16-4-3-15-9-22(25-2)32-21(15)10-16/h3-6,9-10,20,28H,7-8,11-13H2,1H3/t20-/m0/s1. The average Bonchev–Trinajstić information content (AvgIpc) is 3.37. The summed E-state index contributed by atoms with van der Waals surface area (Å²) >= 11 is 1.43. The van der Waals surface area contributed by atoms with E-state index in [2.05, 4.69) is 4.85 Å². The number of anilines is 1. The van der Waals surface area contributed by atoms with Gasteiger partial charge >= 0.3 is 5.97 Å². The molecule has 162 valence electrons. The van der Waals surface area contributed by atoms with E-state index in [0.29, 0.717) is 30.2 Å². The Balaban J connectivity index is 1.27. The second-order valence-corrected chi connectivity index (χ2v) is 9.16. The van der Waals surface area contributed by atoms with Gasteiger partial charge in [-0.2, -0.15) is 11.3 Å². The fourth-order valence-electron chi connectivity index (χ4n) is 4.45. The van der Waals surface area contributed by atoms with Gasteiger partial charge in [-0.1, -0.05) is 12.1 Å². The SMILES string of the molecule is [C-]#[N+]c1cc2ccc(N3CCN(C[C@H](O)c4ccc5c(c4C)COC5=O)CC3=O)cc2s1. The zero-order valence-electron chi connectivity index (χ0n) is 17.5. The molecule has 0 unspecified atom stereocenters. The molecule has 0 aliphatic carbocycles. The van der Waals surface area contributed by atoms with E-state index in [-0.39, 0.29) is 25.0 Å². The Morgan fingerprint density at radius 3 is 2.84 bits per heavy atom. The van der Waals surface area contributed by atoms with E-state index in [1.807, 2.05) is 36.1 Å². The Labute approximate surface area is 189 Å². The van der Waals surface area contributed by atoms with Gasteiger partial charge in [0.05, 0.1) is 24.8 Å². The third kappa shape index (κ3) is 3.54. The van der Waals surface area contributed by atoms with Gasteiger partial charge in [-0.3, -0.25) is 9.69 Å². The minimum atomic E-state index is -0.759. The highest BCUT2D eigenvalue weighted by Crippen LogP contribution is 2.35. The van der Waals surface area contributed by atoms with Crippen molar-refractivity contribution in [3.8, 4) is 0 Å². The second-order valence-electron chi connectivity index (χ2n) is 8.10. The molecule has 1 fully saturated rings. The van der Waals surface area contributed by atoms with E-state index in [0.717, 1.165) is 32.5 Å². The Bertz CT molecular complexity index is 1290. The first-order valence-corrected chi connectivity index (χ1v) is 11.2. The van der Waals surface area contributed by atoms with Crippen molar-refractivity contribution in [2.24, 2.45) is 0 Å². The fourth-order valence-corrected chi connectivity index (χ4v) is 5.33. The number of benzene rings is 2. The molecular formula is C24H21N3O4S. The number of ether oxygens (including phenoxy) is 1. The van der Waals surface area contributed by atoms with E-state index in [1.54, 1.807) is 17.0 Å². The molecule has 2 aliphatic heterocycles. The average molecular weight is 448 g/mol. The van der Waals surface area contributed by atoms with Crippen LogP contribution >= 0.6 is 11.3 Å². The maximum absolute atomic E-state index is 12.9. The smallest absolute Gasteiger partial charge is 0.338 e. The van der Waals surface area contributed by atoms with Crippen LogP contribution in [0.3, 0.4) is 0 Å². The predicted molar refractivity (Wildman–Crippen MR) is 122 cm³/mol. The van der Waals surface area contributed by atoms with E-state index in [4.69, 9.17) is 11.3 Å². The van der Waals surface area contributed by atoms with Crippen molar-refractivity contribution in [2.45, 2.75) is 19.6 Å². The summed E-state index contributed by atoms with van der Waals surface area (Å²) in [6.07, 6.45) is -0.759. The number of hydrogen-bond donors (Lipinski definition) is 1. The number of aliphatic hydroxyl groups is 1. The maximum Gasteiger partial charge on any atom is 0.338 e. The number of thiophene rings is 1. The Morgan fingerprint density at radius 2 is 2.06 bits per heavy atom. The molecule has 0 spiro atoms. The molecule has 5 rings (SSSR count). The van der Waals surface area contributed by atoms with Crippen molar-refractivity contribution in [2.75, 3.05) is 31.1 Å². The lowest BCUT2D eigenvalue weighted by Crippen LogP contribution is -2.51. The molecule has 1 atom stereocenters. The number of nitrogens with zero attached hydrogens (tertiary/aromatic N) is 3. The van der Waals surface area contributed by atoms with E-state index in [1.165, 1.54) is 11.3 Å². The van der Waals surface area contributed by atoms with Crippen molar-refractivity contribution in [1.82, 2.24) is 4.90 Å². The summed E-state index contributed by atoms with van der Waals surface area (Å²) in [4.78, 5) is 31.8. The molecule has 7 nitrogen and oxygen atoms in total. The molecule has 8 heteroatoms. The lowest BCUT2D eigenvalue weighted by molar-refractivity contribution is -0.121. The van der Waals surface area contributed by atoms with Crippen LogP contribution in [-0.2, 0) is 16.1 Å². The van der Waals surface area contributed by atoms with Crippen LogP contribution in [0.25, 0.3) is 14.9 Å². The first-order chi connectivity index (χ1) is 15.4. The molecule has 3 aromatic rings. The van der Waals surface area contributed by atoms with Crippen LogP contribution in [0.2, 0.25) is 0 Å². The summed E-state index contributed by atoms with van der Waals surface area (Å²) in [6, 6.07) is 11.2. The molecule has 1 saturated heterocycles. The highest BCUT2D eigenvalue weighted by Gasteiger charge is 2.29. The van der Waals surface area contributed by atoms with Crippen LogP contribution in [0, 0.1) is 13.5 Å². The van der Waals surface area contributed by atoms with Crippen LogP contribution in [0.4, 0.5) is 10.7 Å². The summed E-state index contributed by atoms with van der Waals surface area (Å²) in [6.45, 7) is 11.0. The third-order valence-corrected chi connectivity index (χ3v) is 7.20. The molecule has 1 N–H and O–H groups in total. The van der Waals surface area contributed by atoms with Crippen LogP contribution in [0.5, 0.6) is 0 Å². The molecule has 2 aromatic carbocycles. The largest absolute Gasteiger partial charge is 0.457 e. The van der Waals surface area contributed by atoms with Gasteiger partial charge in [-0.05, 0) is 47.7 Å². The van der Waals surface area contributed by atoms with Gasteiger partial charge in [0.1, 0.15) is 6.61 Å². The van der Waals surface area contributed by atoms with Crippen LogP contribution in [0.1, 0.15) is 33.2 Å². The maximum atomic E-state index is 12.9.